The van der Waals surface area contributed by atoms with Gasteiger partial charge >= 0.3 is 0 Å². The van der Waals surface area contributed by atoms with Crippen molar-refractivity contribution in [1.29, 1.82) is 0 Å². The number of aromatic nitrogens is 6. The molecular formula is C24H19ClFN7O. The fraction of sp³-hybridized carbons (Fsp3) is 0.208. The van der Waals surface area contributed by atoms with Gasteiger partial charge in [-0.2, -0.15) is 0 Å². The first kappa shape index (κ1) is 20.7. The number of halogens is 2. The molecule has 1 N–H and O–H groups in total. The van der Waals surface area contributed by atoms with E-state index in [1.54, 1.807) is 36.7 Å². The zero-order valence-corrected chi connectivity index (χ0v) is 18.9. The molecular weight excluding hydrogens is 457 g/mol. The highest BCUT2D eigenvalue weighted by molar-refractivity contribution is 6.35. The minimum Gasteiger partial charge on any atom is -0.342 e. The average Bonchev–Trinajstić information content (AvgIpc) is 3.45. The van der Waals surface area contributed by atoms with Crippen molar-refractivity contribution in [2.24, 2.45) is 0 Å². The van der Waals surface area contributed by atoms with Crippen LogP contribution in [0.4, 0.5) is 10.2 Å². The minimum atomic E-state index is -0.443. The second kappa shape index (κ2) is 7.88. The van der Waals surface area contributed by atoms with Crippen LogP contribution in [0.1, 0.15) is 31.6 Å². The van der Waals surface area contributed by atoms with Crippen LogP contribution in [0, 0.1) is 5.82 Å². The predicted octanol–water partition coefficient (Wildman–Crippen LogP) is 4.57. The Balaban J connectivity index is 1.64. The lowest BCUT2D eigenvalue weighted by molar-refractivity contribution is 0.609. The molecule has 1 aliphatic rings. The first-order valence-electron chi connectivity index (χ1n) is 10.9. The van der Waals surface area contributed by atoms with E-state index in [0.29, 0.717) is 44.4 Å². The number of anilines is 1. The van der Waals surface area contributed by atoms with Crippen molar-refractivity contribution in [2.45, 2.75) is 31.8 Å². The van der Waals surface area contributed by atoms with E-state index in [1.165, 1.54) is 23.0 Å². The number of benzene rings is 2. The Morgan fingerprint density at radius 3 is 2.82 bits per heavy atom. The number of aromatic amines is 1. The first-order chi connectivity index (χ1) is 16.5. The number of rotatable bonds is 3. The van der Waals surface area contributed by atoms with Gasteiger partial charge in [-0.3, -0.25) is 9.36 Å². The van der Waals surface area contributed by atoms with Crippen LogP contribution in [0.25, 0.3) is 27.8 Å². The van der Waals surface area contributed by atoms with Gasteiger partial charge in [-0.05, 0) is 50.1 Å². The molecule has 4 heterocycles. The van der Waals surface area contributed by atoms with E-state index in [9.17, 15) is 9.18 Å². The third kappa shape index (κ3) is 3.15. The van der Waals surface area contributed by atoms with Gasteiger partial charge in [-0.15, -0.1) is 0 Å². The first-order valence-corrected chi connectivity index (χ1v) is 11.3. The van der Waals surface area contributed by atoms with Crippen LogP contribution in [0.5, 0.6) is 0 Å². The maximum Gasteiger partial charge on any atom is 0.267 e. The van der Waals surface area contributed by atoms with Crippen LogP contribution >= 0.6 is 11.6 Å². The van der Waals surface area contributed by atoms with Crippen LogP contribution in [-0.2, 0) is 0 Å². The number of H-pyrrole nitrogens is 1. The standard InChI is InChI=1S/C24H19ClFN7O/c1-13-8-9-18(32(13)23-20-21(28-11-27-20)29-12-30-23)22-31-17-7-3-6-16(25)19(17)24(34)33(22)15-5-2-4-14(26)10-15/h2-7,10-13,18H,8-9H2,1H3,(H,27,28,29,30)/t13-,18-/m0/s1. The summed E-state index contributed by atoms with van der Waals surface area (Å²) in [4.78, 5) is 37.0. The molecule has 3 aromatic heterocycles. The van der Waals surface area contributed by atoms with E-state index < -0.39 is 5.82 Å². The number of nitrogens with one attached hydrogen (secondary N) is 1. The van der Waals surface area contributed by atoms with Gasteiger partial charge in [0, 0.05) is 6.04 Å². The second-order valence-corrected chi connectivity index (χ2v) is 8.78. The minimum absolute atomic E-state index is 0.110. The summed E-state index contributed by atoms with van der Waals surface area (Å²) < 4.78 is 15.7. The molecule has 6 rings (SSSR count). The van der Waals surface area contributed by atoms with Crippen molar-refractivity contribution in [1.82, 2.24) is 29.5 Å². The monoisotopic (exact) mass is 475 g/mol. The molecule has 10 heteroatoms. The van der Waals surface area contributed by atoms with Crippen LogP contribution in [0.15, 0.2) is 59.9 Å². The summed E-state index contributed by atoms with van der Waals surface area (Å²) in [6, 6.07) is 10.9. The van der Waals surface area contributed by atoms with Gasteiger partial charge in [0.15, 0.2) is 11.5 Å². The molecule has 34 heavy (non-hydrogen) atoms. The zero-order valence-electron chi connectivity index (χ0n) is 18.1. The van der Waals surface area contributed by atoms with E-state index in [-0.39, 0.29) is 17.6 Å². The Bertz CT molecular complexity index is 1610. The summed E-state index contributed by atoms with van der Waals surface area (Å²) in [6.07, 6.45) is 4.65. The van der Waals surface area contributed by atoms with Crippen molar-refractivity contribution in [3.63, 3.8) is 0 Å². The summed E-state index contributed by atoms with van der Waals surface area (Å²) in [7, 11) is 0. The molecule has 0 spiro atoms. The summed E-state index contributed by atoms with van der Waals surface area (Å²) in [5.74, 6) is 0.742. The highest BCUT2D eigenvalue weighted by atomic mass is 35.5. The Kier molecular flexibility index (Phi) is 4.80. The molecule has 2 aromatic carbocycles. The van der Waals surface area contributed by atoms with Crippen molar-refractivity contribution in [3.8, 4) is 5.69 Å². The number of hydrogen-bond donors (Lipinski definition) is 1. The van der Waals surface area contributed by atoms with E-state index in [1.807, 2.05) is 0 Å². The Hall–Kier alpha value is -3.85. The summed E-state index contributed by atoms with van der Waals surface area (Å²) in [6.45, 7) is 2.10. The molecule has 2 atom stereocenters. The quantitative estimate of drug-likeness (QED) is 0.411. The van der Waals surface area contributed by atoms with E-state index >= 15 is 0 Å². The highest BCUT2D eigenvalue weighted by Gasteiger charge is 2.37. The molecule has 0 bridgehead atoms. The Labute approximate surface area is 198 Å². The van der Waals surface area contributed by atoms with Crippen LogP contribution in [-0.4, -0.2) is 35.5 Å². The van der Waals surface area contributed by atoms with E-state index in [2.05, 4.69) is 31.8 Å². The molecule has 0 aliphatic carbocycles. The van der Waals surface area contributed by atoms with E-state index in [0.717, 1.165) is 12.8 Å². The highest BCUT2D eigenvalue weighted by Crippen LogP contribution is 2.40. The van der Waals surface area contributed by atoms with Gasteiger partial charge in [-0.25, -0.2) is 24.3 Å². The lowest BCUT2D eigenvalue weighted by Crippen LogP contribution is -2.35. The van der Waals surface area contributed by atoms with Crippen LogP contribution < -0.4 is 10.5 Å². The van der Waals surface area contributed by atoms with Crippen molar-refractivity contribution >= 4 is 39.5 Å². The molecule has 1 saturated heterocycles. The fourth-order valence-corrected chi connectivity index (χ4v) is 5.09. The molecule has 5 aromatic rings. The third-order valence-electron chi connectivity index (χ3n) is 6.35. The summed E-state index contributed by atoms with van der Waals surface area (Å²) in [5.41, 5.74) is 1.82. The third-order valence-corrected chi connectivity index (χ3v) is 6.67. The normalized spacial score (nSPS) is 18.3. The zero-order chi connectivity index (χ0) is 23.4. The van der Waals surface area contributed by atoms with Gasteiger partial charge in [0.2, 0.25) is 0 Å². The lowest BCUT2D eigenvalue weighted by Gasteiger charge is -2.31. The lowest BCUT2D eigenvalue weighted by atomic mass is 10.1. The van der Waals surface area contributed by atoms with E-state index in [4.69, 9.17) is 16.6 Å². The van der Waals surface area contributed by atoms with Gasteiger partial charge in [0.1, 0.15) is 23.5 Å². The molecule has 1 fully saturated rings. The van der Waals surface area contributed by atoms with Crippen molar-refractivity contribution < 1.29 is 4.39 Å². The smallest absolute Gasteiger partial charge is 0.267 e. The van der Waals surface area contributed by atoms with Crippen molar-refractivity contribution in [2.75, 3.05) is 4.90 Å². The SMILES string of the molecule is C[C@H]1CC[C@@H](c2nc3cccc(Cl)c3c(=O)n2-c2cccc(F)c2)N1c1ncnc2nc[nH]c12. The number of imidazole rings is 1. The van der Waals surface area contributed by atoms with Gasteiger partial charge in [0.25, 0.3) is 5.56 Å². The molecule has 0 amide bonds. The Morgan fingerprint density at radius 1 is 1.12 bits per heavy atom. The Morgan fingerprint density at radius 2 is 1.97 bits per heavy atom. The largest absolute Gasteiger partial charge is 0.342 e. The molecule has 0 saturated carbocycles. The van der Waals surface area contributed by atoms with Crippen LogP contribution in [0.3, 0.4) is 0 Å². The van der Waals surface area contributed by atoms with Crippen molar-refractivity contribution in [3.05, 3.63) is 82.1 Å². The summed E-state index contributed by atoms with van der Waals surface area (Å²) in [5, 5.41) is 0.603. The van der Waals surface area contributed by atoms with Crippen LogP contribution in [0.2, 0.25) is 5.02 Å². The molecule has 8 nitrogen and oxygen atoms in total. The topological polar surface area (TPSA) is 92.6 Å². The van der Waals surface area contributed by atoms with Gasteiger partial charge in [0.05, 0.1) is 34.0 Å². The number of nitrogens with zero attached hydrogens (tertiary/aromatic N) is 6. The fourth-order valence-electron chi connectivity index (χ4n) is 4.84. The number of fused-ring (bicyclic) bond motifs is 2. The number of hydrogen-bond acceptors (Lipinski definition) is 6. The summed E-state index contributed by atoms with van der Waals surface area (Å²) >= 11 is 6.40. The maximum atomic E-state index is 14.2. The second-order valence-electron chi connectivity index (χ2n) is 8.37. The average molecular weight is 476 g/mol. The maximum absolute atomic E-state index is 14.2. The van der Waals surface area contributed by atoms with Gasteiger partial charge < -0.3 is 9.88 Å². The predicted molar refractivity (Wildman–Crippen MR) is 128 cm³/mol. The van der Waals surface area contributed by atoms with Gasteiger partial charge in [-0.1, -0.05) is 23.7 Å². The molecule has 0 radical (unpaired) electrons. The molecule has 1 aliphatic heterocycles. The molecule has 170 valence electrons. The molecule has 0 unspecified atom stereocenters.